The van der Waals surface area contributed by atoms with E-state index in [9.17, 15) is 4.79 Å². The van der Waals surface area contributed by atoms with E-state index in [2.05, 4.69) is 39.4 Å². The number of carbonyl (C=O) groups excluding carboxylic acids is 1. The molecular weight excluding hydrogens is 426 g/mol. The first kappa shape index (κ1) is 20.4. The number of esters is 1. The summed E-state index contributed by atoms with van der Waals surface area (Å²) >= 11 is 0. The molecule has 174 valence electrons. The summed E-state index contributed by atoms with van der Waals surface area (Å²) in [6.45, 7) is 4.37. The molecule has 0 spiro atoms. The topological polar surface area (TPSA) is 63.5 Å². The molecule has 3 aliphatic heterocycles. The number of fused-ring (bicyclic) bond motifs is 4. The number of carbonyl (C=O) groups is 1. The van der Waals surface area contributed by atoms with Gasteiger partial charge >= 0.3 is 5.97 Å². The Morgan fingerprint density at radius 2 is 1.50 bits per heavy atom. The maximum absolute atomic E-state index is 11.8. The molecule has 5 aliphatic rings. The molecule has 2 aromatic rings. The van der Waals surface area contributed by atoms with E-state index in [4.69, 9.17) is 9.47 Å². The van der Waals surface area contributed by atoms with Gasteiger partial charge in [0.25, 0.3) is 0 Å². The van der Waals surface area contributed by atoms with Crippen molar-refractivity contribution < 1.29 is 14.3 Å². The van der Waals surface area contributed by atoms with Crippen molar-refractivity contribution in [3.05, 3.63) is 66.2 Å². The van der Waals surface area contributed by atoms with Gasteiger partial charge in [-0.25, -0.2) is 4.79 Å². The van der Waals surface area contributed by atoms with Crippen LogP contribution in [0, 0.1) is 22.7 Å². The molecule has 4 bridgehead atoms. The van der Waals surface area contributed by atoms with Crippen LogP contribution in [0.3, 0.4) is 0 Å². The molecule has 34 heavy (non-hydrogen) atoms. The Balaban J connectivity index is 1.08. The molecule has 6 atom stereocenters. The van der Waals surface area contributed by atoms with Crippen molar-refractivity contribution in [3.8, 4) is 0 Å². The Morgan fingerprint density at radius 1 is 0.941 bits per heavy atom. The summed E-state index contributed by atoms with van der Waals surface area (Å²) < 4.78 is 11.6. The first-order chi connectivity index (χ1) is 16.6. The highest BCUT2D eigenvalue weighted by Gasteiger charge is 2.80. The molecule has 0 N–H and O–H groups in total. The minimum Gasteiger partial charge on any atom is -0.462 e. The van der Waals surface area contributed by atoms with Crippen LogP contribution < -0.4 is 4.90 Å². The van der Waals surface area contributed by atoms with Crippen LogP contribution in [0.5, 0.6) is 0 Å². The number of hydrogen-bond acceptors (Lipinski definition) is 6. The molecule has 0 aromatic heterocycles. The van der Waals surface area contributed by atoms with E-state index in [-0.39, 0.29) is 5.97 Å². The molecule has 2 aromatic carbocycles. The fourth-order valence-corrected chi connectivity index (χ4v) is 7.95. The van der Waals surface area contributed by atoms with Gasteiger partial charge in [-0.1, -0.05) is 12.2 Å². The first-order valence-corrected chi connectivity index (χ1v) is 12.5. The second kappa shape index (κ2) is 7.25. The van der Waals surface area contributed by atoms with Crippen molar-refractivity contribution in [2.75, 3.05) is 24.6 Å². The SMILES string of the molecule is CCOC(=O)c1ccc(N=Nc2ccc(N3C[C@@]45C6C=CC(C6)[C@]4(C3)[C@H]3CC[C@@H]5O3)cc2)cc1. The van der Waals surface area contributed by atoms with Crippen LogP contribution in [-0.4, -0.2) is 37.9 Å². The standard InChI is InChI=1S/C28H29N3O3/c1-2-33-26(32)18-3-7-21(8-4-18)29-30-22-9-11-23(12-10-22)31-16-27-19-5-6-20(15-19)28(27,17-31)25-14-13-24(27)34-25/h3-12,19-20,24-25H,2,13-17H2,1H3/t19?,20?,24-,25+,27-,28+. The lowest BCUT2D eigenvalue weighted by molar-refractivity contribution is 0.0461. The fourth-order valence-electron chi connectivity index (χ4n) is 7.95. The Kier molecular flexibility index (Phi) is 4.35. The molecule has 6 nitrogen and oxygen atoms in total. The fraction of sp³-hybridized carbons (Fsp3) is 0.464. The average molecular weight is 456 g/mol. The normalized spacial score (nSPS) is 36.4. The molecule has 6 heteroatoms. The van der Waals surface area contributed by atoms with E-state index in [0.717, 1.165) is 18.8 Å². The van der Waals surface area contributed by atoms with Gasteiger partial charge in [0.2, 0.25) is 0 Å². The number of hydrogen-bond donors (Lipinski definition) is 0. The number of allylic oxidation sites excluding steroid dienone is 2. The Labute approximate surface area is 199 Å². The van der Waals surface area contributed by atoms with Crippen molar-refractivity contribution in [3.63, 3.8) is 0 Å². The Bertz CT molecular complexity index is 1160. The third-order valence-electron chi connectivity index (χ3n) is 9.22. The van der Waals surface area contributed by atoms with Crippen molar-refractivity contribution in [2.45, 2.75) is 38.4 Å². The predicted octanol–water partition coefficient (Wildman–Crippen LogP) is 5.84. The summed E-state index contributed by atoms with van der Waals surface area (Å²) in [5, 5.41) is 8.73. The third-order valence-corrected chi connectivity index (χ3v) is 9.22. The largest absolute Gasteiger partial charge is 0.462 e. The summed E-state index contributed by atoms with van der Waals surface area (Å²) in [5.74, 6) is 1.04. The first-order valence-electron chi connectivity index (χ1n) is 12.5. The lowest BCUT2D eigenvalue weighted by Crippen LogP contribution is -2.51. The lowest BCUT2D eigenvalue weighted by Gasteiger charge is -2.46. The molecule has 2 unspecified atom stereocenters. The molecule has 3 heterocycles. The monoisotopic (exact) mass is 455 g/mol. The average Bonchev–Trinajstić information content (AvgIpc) is 3.66. The highest BCUT2D eigenvalue weighted by molar-refractivity contribution is 5.89. The Morgan fingerprint density at radius 3 is 2.06 bits per heavy atom. The summed E-state index contributed by atoms with van der Waals surface area (Å²) in [7, 11) is 0. The zero-order valence-corrected chi connectivity index (χ0v) is 19.4. The predicted molar refractivity (Wildman–Crippen MR) is 129 cm³/mol. The smallest absolute Gasteiger partial charge is 0.338 e. The maximum Gasteiger partial charge on any atom is 0.338 e. The zero-order chi connectivity index (χ0) is 22.9. The van der Waals surface area contributed by atoms with Crippen LogP contribution in [0.2, 0.25) is 0 Å². The number of rotatable bonds is 5. The molecular formula is C28H29N3O3. The van der Waals surface area contributed by atoms with Gasteiger partial charge in [-0.2, -0.15) is 10.2 Å². The van der Waals surface area contributed by atoms with Crippen LogP contribution in [0.1, 0.15) is 36.5 Å². The molecule has 0 radical (unpaired) electrons. The Hall–Kier alpha value is -2.99. The molecule has 2 aliphatic carbocycles. The van der Waals surface area contributed by atoms with Crippen LogP contribution in [0.25, 0.3) is 0 Å². The number of nitrogens with zero attached hydrogens (tertiary/aromatic N) is 3. The second-order valence-electron chi connectivity index (χ2n) is 10.4. The van der Waals surface area contributed by atoms with Gasteiger partial charge in [0, 0.05) is 29.6 Å². The third kappa shape index (κ3) is 2.58. The minimum absolute atomic E-state index is 0.309. The van der Waals surface area contributed by atoms with E-state index in [0.29, 0.717) is 52.7 Å². The van der Waals surface area contributed by atoms with Gasteiger partial charge in [-0.15, -0.1) is 0 Å². The minimum atomic E-state index is -0.320. The summed E-state index contributed by atoms with van der Waals surface area (Å²) in [6.07, 6.45) is 9.67. The molecule has 7 rings (SSSR count). The van der Waals surface area contributed by atoms with Crippen LogP contribution in [0.15, 0.2) is 70.9 Å². The van der Waals surface area contributed by atoms with Gasteiger partial charge in [-0.3, -0.25) is 0 Å². The zero-order valence-electron chi connectivity index (χ0n) is 19.4. The molecule has 1 saturated carbocycles. The van der Waals surface area contributed by atoms with Crippen LogP contribution >= 0.6 is 0 Å². The molecule has 4 fully saturated rings. The summed E-state index contributed by atoms with van der Waals surface area (Å²) in [6, 6.07) is 15.4. The number of azo groups is 1. The summed E-state index contributed by atoms with van der Waals surface area (Å²) in [4.78, 5) is 14.4. The van der Waals surface area contributed by atoms with Gasteiger partial charge in [0.15, 0.2) is 0 Å². The van der Waals surface area contributed by atoms with Gasteiger partial charge in [0.1, 0.15) is 0 Å². The van der Waals surface area contributed by atoms with E-state index in [1.54, 1.807) is 31.2 Å². The number of benzene rings is 2. The number of anilines is 1. The highest BCUT2D eigenvalue weighted by atomic mass is 16.5. The van der Waals surface area contributed by atoms with Crippen molar-refractivity contribution in [1.82, 2.24) is 0 Å². The van der Waals surface area contributed by atoms with E-state index in [1.807, 2.05) is 12.1 Å². The van der Waals surface area contributed by atoms with Gasteiger partial charge in [-0.05, 0) is 86.6 Å². The molecule has 3 saturated heterocycles. The summed E-state index contributed by atoms with van der Waals surface area (Å²) in [5.41, 5.74) is 3.93. The molecule has 0 amide bonds. The number of ether oxygens (including phenoxy) is 2. The second-order valence-corrected chi connectivity index (χ2v) is 10.4. The van der Waals surface area contributed by atoms with Crippen LogP contribution in [0.4, 0.5) is 17.1 Å². The van der Waals surface area contributed by atoms with E-state index < -0.39 is 0 Å². The maximum atomic E-state index is 11.8. The van der Waals surface area contributed by atoms with E-state index >= 15 is 0 Å². The quantitative estimate of drug-likeness (QED) is 0.323. The van der Waals surface area contributed by atoms with Crippen molar-refractivity contribution in [1.29, 1.82) is 0 Å². The van der Waals surface area contributed by atoms with Gasteiger partial charge < -0.3 is 14.4 Å². The highest BCUT2D eigenvalue weighted by Crippen LogP contribution is 2.77. The van der Waals surface area contributed by atoms with Gasteiger partial charge in [0.05, 0.1) is 35.8 Å². The van der Waals surface area contributed by atoms with Crippen molar-refractivity contribution >= 4 is 23.0 Å². The van der Waals surface area contributed by atoms with Crippen molar-refractivity contribution in [2.24, 2.45) is 32.9 Å². The van der Waals surface area contributed by atoms with E-state index in [1.165, 1.54) is 24.9 Å². The van der Waals surface area contributed by atoms with Crippen LogP contribution in [-0.2, 0) is 9.47 Å². The lowest BCUT2D eigenvalue weighted by atomic mass is 9.53.